The van der Waals surface area contributed by atoms with E-state index in [1.807, 2.05) is 43.3 Å². The number of rotatable bonds is 5. The Morgan fingerprint density at radius 3 is 1.64 bits per heavy atom. The molecule has 0 saturated carbocycles. The topological polar surface area (TPSA) is 171 Å². The van der Waals surface area contributed by atoms with Crippen LogP contribution in [0.25, 0.3) is 20.2 Å². The Hall–Kier alpha value is -4.70. The molecule has 4 heterocycles. The lowest BCUT2D eigenvalue weighted by atomic mass is 10.2. The van der Waals surface area contributed by atoms with Crippen LogP contribution in [0.5, 0.6) is 0 Å². The van der Waals surface area contributed by atoms with Crippen LogP contribution in [-0.2, 0) is 9.47 Å². The van der Waals surface area contributed by atoms with Crippen LogP contribution in [0.2, 0.25) is 0 Å². The zero-order valence-electron chi connectivity index (χ0n) is 24.3. The largest absolute Gasteiger partial charge is 0.477 e. The molecule has 0 aliphatic carbocycles. The van der Waals surface area contributed by atoms with Gasteiger partial charge >= 0.3 is 17.9 Å². The van der Waals surface area contributed by atoms with Gasteiger partial charge in [-0.25, -0.2) is 24.4 Å². The van der Waals surface area contributed by atoms with Crippen LogP contribution in [0.3, 0.4) is 0 Å². The van der Waals surface area contributed by atoms with Crippen LogP contribution in [0, 0.1) is 13.8 Å². The lowest BCUT2D eigenvalue weighted by Crippen LogP contribution is -2.09. The number of amides is 1. The molecule has 248 valence electrons. The number of carboxylic acids is 1. The first-order valence-electron chi connectivity index (χ1n) is 12.9. The average Bonchev–Trinajstić information content (AvgIpc) is 3.83. The molecule has 0 aliphatic heterocycles. The molecule has 47 heavy (non-hydrogen) atoms. The van der Waals surface area contributed by atoms with Crippen LogP contribution in [-0.4, -0.2) is 53.1 Å². The fraction of sp³-hybridized carbons (Fsp3) is 0.188. The number of nitrogen functional groups attached to an aromatic ring is 1. The predicted molar refractivity (Wildman–Crippen MR) is 193 cm³/mol. The number of nitrogens with two attached hydrogens (primary N) is 1. The zero-order chi connectivity index (χ0) is 32.7. The molecule has 0 saturated heterocycles. The van der Waals surface area contributed by atoms with Crippen LogP contribution >= 0.6 is 45.3 Å². The Morgan fingerprint density at radius 2 is 1.19 bits per heavy atom. The number of thiophene rings is 2. The molecule has 4 N–H and O–H groups in total. The van der Waals surface area contributed by atoms with Crippen LogP contribution in [0.1, 0.15) is 63.6 Å². The van der Waals surface area contributed by atoms with Crippen molar-refractivity contribution < 1.29 is 33.8 Å². The third-order valence-electron chi connectivity index (χ3n) is 5.76. The minimum atomic E-state index is -0.902. The zero-order valence-corrected chi connectivity index (χ0v) is 27.5. The summed E-state index contributed by atoms with van der Waals surface area (Å²) >= 11 is 5.30. The number of ether oxygens (including phenoxy) is 2. The van der Waals surface area contributed by atoms with Gasteiger partial charge in [-0.3, -0.25) is 4.79 Å². The van der Waals surface area contributed by atoms with E-state index in [0.717, 1.165) is 30.2 Å². The van der Waals surface area contributed by atoms with Gasteiger partial charge in [-0.05, 0) is 73.2 Å². The van der Waals surface area contributed by atoms with Crippen LogP contribution in [0.4, 0.5) is 11.4 Å². The minimum Gasteiger partial charge on any atom is -0.477 e. The van der Waals surface area contributed by atoms with E-state index in [9.17, 15) is 19.2 Å². The monoisotopic (exact) mass is 714 g/mol. The second-order valence-electron chi connectivity index (χ2n) is 9.00. The molecule has 0 radical (unpaired) electrons. The number of thiazole rings is 2. The Kier molecular flexibility index (Phi) is 14.1. The fourth-order valence-corrected chi connectivity index (χ4v) is 6.92. The van der Waals surface area contributed by atoms with Crippen LogP contribution < -0.4 is 11.1 Å². The molecule has 0 aliphatic rings. The quantitative estimate of drug-likeness (QED) is 0.116. The third kappa shape index (κ3) is 10.1. The molecule has 0 unspecified atom stereocenters. The van der Waals surface area contributed by atoms with E-state index in [-0.39, 0.29) is 32.7 Å². The highest BCUT2D eigenvalue weighted by atomic mass is 32.1. The van der Waals surface area contributed by atoms with Gasteiger partial charge in [0.1, 0.15) is 19.5 Å². The van der Waals surface area contributed by atoms with Gasteiger partial charge in [0.05, 0.1) is 36.6 Å². The fourth-order valence-electron chi connectivity index (χ4n) is 3.70. The summed E-state index contributed by atoms with van der Waals surface area (Å²) in [4.78, 5) is 54.9. The molecule has 6 rings (SSSR count). The number of hydrogen-bond acceptors (Lipinski definition) is 13. The van der Waals surface area contributed by atoms with Gasteiger partial charge in [0.15, 0.2) is 0 Å². The van der Waals surface area contributed by atoms with Gasteiger partial charge in [-0.1, -0.05) is 14.9 Å². The number of carboxylic acid groups (broad SMARTS) is 1. The van der Waals surface area contributed by atoms with E-state index in [1.165, 1.54) is 65.8 Å². The molecular formula is C32H34N4O7S4. The molecule has 0 atom stereocenters. The molecule has 2 aromatic carbocycles. The number of anilines is 2. The van der Waals surface area contributed by atoms with E-state index in [2.05, 4.69) is 20.0 Å². The summed E-state index contributed by atoms with van der Waals surface area (Å²) in [5.41, 5.74) is 7.01. The number of aryl methyl sites for hydroxylation is 2. The van der Waals surface area contributed by atoms with Crippen molar-refractivity contribution in [3.8, 4) is 0 Å². The van der Waals surface area contributed by atoms with Gasteiger partial charge in [-0.2, -0.15) is 0 Å². The minimum absolute atomic E-state index is 0. The van der Waals surface area contributed by atoms with Gasteiger partial charge < -0.3 is 25.6 Å². The molecule has 0 fully saturated rings. The first-order valence-corrected chi connectivity index (χ1v) is 16.1. The summed E-state index contributed by atoms with van der Waals surface area (Å²) in [7, 11) is 2.73. The first kappa shape index (κ1) is 38.5. The number of aromatic carboxylic acids is 1. The molecule has 6 aromatic rings. The summed E-state index contributed by atoms with van der Waals surface area (Å²) in [6.45, 7) is 3.63. The normalized spacial score (nSPS) is 9.87. The molecule has 11 nitrogen and oxygen atoms in total. The van der Waals surface area contributed by atoms with Crippen molar-refractivity contribution in [2.45, 2.75) is 28.7 Å². The summed E-state index contributed by atoms with van der Waals surface area (Å²) < 4.78 is 11.4. The highest BCUT2D eigenvalue weighted by Gasteiger charge is 2.13. The Morgan fingerprint density at radius 1 is 0.702 bits per heavy atom. The van der Waals surface area contributed by atoms with Crippen molar-refractivity contribution in [1.29, 1.82) is 0 Å². The predicted octanol–water partition coefficient (Wildman–Crippen LogP) is 8.40. The van der Waals surface area contributed by atoms with Gasteiger partial charge in [0.2, 0.25) is 0 Å². The first-order chi connectivity index (χ1) is 21.5. The number of nitrogens with one attached hydrogen (secondary N) is 1. The summed E-state index contributed by atoms with van der Waals surface area (Å²) in [5.74, 6) is -1.74. The van der Waals surface area contributed by atoms with Crippen molar-refractivity contribution in [2.24, 2.45) is 0 Å². The number of carbonyl (C=O) groups excluding carboxylic acids is 3. The molecule has 4 aromatic heterocycles. The number of carbonyl (C=O) groups is 4. The number of aromatic nitrogens is 2. The summed E-state index contributed by atoms with van der Waals surface area (Å²) in [5, 5.41) is 14.7. The molecule has 0 spiro atoms. The SMILES string of the molecule is C.C.COC(=O)c1cc2cc(N)ccc2s1.COC(=O)c1cc2cc(NC(=O)c3cnc(C)s3)ccc2s1.Cc1ncc(C(=O)O)s1. The maximum atomic E-state index is 12.1. The van der Waals surface area contributed by atoms with Crippen molar-refractivity contribution in [2.75, 3.05) is 25.3 Å². The number of methoxy groups -OCH3 is 2. The van der Waals surface area contributed by atoms with E-state index in [1.54, 1.807) is 25.3 Å². The van der Waals surface area contributed by atoms with E-state index >= 15 is 0 Å². The maximum Gasteiger partial charge on any atom is 0.348 e. The van der Waals surface area contributed by atoms with Crippen molar-refractivity contribution in [3.63, 3.8) is 0 Å². The number of hydrogen-bond donors (Lipinski definition) is 3. The second kappa shape index (κ2) is 17.3. The highest BCUT2D eigenvalue weighted by molar-refractivity contribution is 7.21. The smallest absolute Gasteiger partial charge is 0.348 e. The van der Waals surface area contributed by atoms with Gasteiger partial charge in [0.25, 0.3) is 5.91 Å². The van der Waals surface area contributed by atoms with Crippen molar-refractivity contribution in [3.05, 3.63) is 90.4 Å². The Bertz CT molecular complexity index is 2010. The average molecular weight is 715 g/mol. The van der Waals surface area contributed by atoms with E-state index in [0.29, 0.717) is 30.9 Å². The molecule has 15 heteroatoms. The molecule has 1 amide bonds. The van der Waals surface area contributed by atoms with E-state index < -0.39 is 5.97 Å². The Labute approximate surface area is 287 Å². The Balaban J connectivity index is 0.000000264. The number of fused-ring (bicyclic) bond motifs is 2. The number of benzene rings is 2. The number of esters is 2. The molecule has 0 bridgehead atoms. The standard InChI is InChI=1S/C15H12N2O3S2.C10H9NO2S.C5H5NO2S.2CH4/c1-8-16-7-13(21-8)14(18)17-10-3-4-11-9(5-10)6-12(22-11)15(19)20-2;1-13-10(12)9-5-6-4-7(11)2-3-8(6)14-9;1-3-6-2-4(9-3)5(7)8;;/h3-7H,1-2H3,(H,17,18);2-5H,11H2,1H3;2H,1H3,(H,7,8);2*1H4. The summed E-state index contributed by atoms with van der Waals surface area (Å²) in [6, 6.07) is 14.6. The lowest BCUT2D eigenvalue weighted by molar-refractivity contribution is 0.0597. The van der Waals surface area contributed by atoms with Gasteiger partial charge in [-0.15, -0.1) is 45.3 Å². The summed E-state index contributed by atoms with van der Waals surface area (Å²) in [6.07, 6.45) is 2.93. The van der Waals surface area contributed by atoms with Crippen molar-refractivity contribution >= 4 is 101 Å². The molecular weight excluding hydrogens is 681 g/mol. The lowest BCUT2D eigenvalue weighted by Gasteiger charge is -2.03. The van der Waals surface area contributed by atoms with Gasteiger partial charge in [0, 0.05) is 20.8 Å². The number of nitrogens with zero attached hydrogens (tertiary/aromatic N) is 2. The van der Waals surface area contributed by atoms with Crippen LogP contribution in [0.15, 0.2) is 60.9 Å². The second-order valence-corrected chi connectivity index (χ2v) is 13.6. The highest BCUT2D eigenvalue weighted by Crippen LogP contribution is 2.29. The van der Waals surface area contributed by atoms with Crippen molar-refractivity contribution in [1.82, 2.24) is 9.97 Å². The third-order valence-corrected chi connectivity index (χ3v) is 9.77. The maximum absolute atomic E-state index is 12.1. The van der Waals surface area contributed by atoms with E-state index in [4.69, 9.17) is 15.6 Å².